The summed E-state index contributed by atoms with van der Waals surface area (Å²) in [5.41, 5.74) is 2.59. The molecule has 1 heterocycles. The number of nitrogens with zero attached hydrogens (tertiary/aromatic N) is 1. The fraction of sp³-hybridized carbons (Fsp3) is 0.357. The van der Waals surface area contributed by atoms with Gasteiger partial charge in [0, 0.05) is 19.9 Å². The Morgan fingerprint density at radius 2 is 2.10 bits per heavy atom. The van der Waals surface area contributed by atoms with Gasteiger partial charge in [-0.15, -0.1) is 0 Å². The van der Waals surface area contributed by atoms with E-state index >= 15 is 0 Å². The van der Waals surface area contributed by atoms with E-state index in [0.717, 1.165) is 16.8 Å². The molecule has 0 unspecified atom stereocenters. The Labute approximate surface area is 119 Å². The van der Waals surface area contributed by atoms with Crippen LogP contribution < -0.4 is 4.72 Å². The molecule has 0 bridgehead atoms. The standard InChI is InChI=1S/C14H18N2O3S/c1-11-4-3-5-13(8-11)10-20(17,18)15-7-6-14-9-19-12(2)16-14/h3-5,8-9,15H,6-7,10H2,1-2H3. The molecule has 0 spiro atoms. The lowest BCUT2D eigenvalue weighted by molar-refractivity contribution is 0.520. The third-order valence-electron chi connectivity index (χ3n) is 2.81. The van der Waals surface area contributed by atoms with Gasteiger partial charge in [-0.2, -0.15) is 0 Å². The molecule has 0 amide bonds. The Kier molecular flexibility index (Phi) is 4.57. The van der Waals surface area contributed by atoms with Gasteiger partial charge in [-0.3, -0.25) is 0 Å². The molecule has 1 N–H and O–H groups in total. The van der Waals surface area contributed by atoms with Crippen molar-refractivity contribution in [2.75, 3.05) is 6.54 Å². The van der Waals surface area contributed by atoms with Crippen molar-refractivity contribution in [1.29, 1.82) is 0 Å². The van der Waals surface area contributed by atoms with E-state index in [1.807, 2.05) is 31.2 Å². The summed E-state index contributed by atoms with van der Waals surface area (Å²) < 4.78 is 31.5. The van der Waals surface area contributed by atoms with Crippen molar-refractivity contribution in [2.45, 2.75) is 26.0 Å². The molecule has 1 aromatic heterocycles. The lowest BCUT2D eigenvalue weighted by Crippen LogP contribution is -2.27. The highest BCUT2D eigenvalue weighted by Crippen LogP contribution is 2.08. The van der Waals surface area contributed by atoms with Gasteiger partial charge in [-0.05, 0) is 12.5 Å². The van der Waals surface area contributed by atoms with Crippen LogP contribution in [0.5, 0.6) is 0 Å². The molecular formula is C14H18N2O3S. The number of aryl methyl sites for hydroxylation is 2. The zero-order valence-corrected chi connectivity index (χ0v) is 12.4. The molecular weight excluding hydrogens is 276 g/mol. The van der Waals surface area contributed by atoms with Crippen LogP contribution in [0.3, 0.4) is 0 Å². The van der Waals surface area contributed by atoms with E-state index in [9.17, 15) is 8.42 Å². The molecule has 0 saturated heterocycles. The van der Waals surface area contributed by atoms with Crippen LogP contribution in [0.25, 0.3) is 0 Å². The lowest BCUT2D eigenvalue weighted by Gasteiger charge is -2.06. The number of oxazole rings is 1. The van der Waals surface area contributed by atoms with Gasteiger partial charge < -0.3 is 4.42 Å². The molecule has 5 nitrogen and oxygen atoms in total. The van der Waals surface area contributed by atoms with Crippen molar-refractivity contribution in [3.8, 4) is 0 Å². The van der Waals surface area contributed by atoms with Crippen LogP contribution in [-0.2, 0) is 22.2 Å². The summed E-state index contributed by atoms with van der Waals surface area (Å²) in [4.78, 5) is 4.12. The lowest BCUT2D eigenvalue weighted by atomic mass is 10.2. The summed E-state index contributed by atoms with van der Waals surface area (Å²) in [6.45, 7) is 4.02. The predicted molar refractivity (Wildman–Crippen MR) is 76.7 cm³/mol. The monoisotopic (exact) mass is 294 g/mol. The van der Waals surface area contributed by atoms with Crippen LogP contribution in [0.2, 0.25) is 0 Å². The molecule has 6 heteroatoms. The molecule has 2 aromatic rings. The highest BCUT2D eigenvalue weighted by Gasteiger charge is 2.11. The summed E-state index contributed by atoms with van der Waals surface area (Å²) in [5, 5.41) is 0. The van der Waals surface area contributed by atoms with Crippen molar-refractivity contribution in [3.05, 3.63) is 53.2 Å². The van der Waals surface area contributed by atoms with Crippen molar-refractivity contribution < 1.29 is 12.8 Å². The Balaban J connectivity index is 1.88. The van der Waals surface area contributed by atoms with Crippen LogP contribution in [-0.4, -0.2) is 19.9 Å². The maximum absolute atomic E-state index is 12.0. The molecule has 0 aliphatic rings. The van der Waals surface area contributed by atoms with Crippen LogP contribution in [0.4, 0.5) is 0 Å². The van der Waals surface area contributed by atoms with E-state index in [-0.39, 0.29) is 5.75 Å². The van der Waals surface area contributed by atoms with Gasteiger partial charge in [0.1, 0.15) is 6.26 Å². The third kappa shape index (κ3) is 4.47. The van der Waals surface area contributed by atoms with E-state index < -0.39 is 10.0 Å². The molecule has 0 aliphatic heterocycles. The first-order valence-electron chi connectivity index (χ1n) is 6.38. The molecule has 0 saturated carbocycles. The van der Waals surface area contributed by atoms with Gasteiger partial charge >= 0.3 is 0 Å². The first-order chi connectivity index (χ1) is 9.44. The number of sulfonamides is 1. The van der Waals surface area contributed by atoms with E-state index in [2.05, 4.69) is 9.71 Å². The van der Waals surface area contributed by atoms with E-state index in [0.29, 0.717) is 18.9 Å². The smallest absolute Gasteiger partial charge is 0.215 e. The molecule has 0 radical (unpaired) electrons. The molecule has 108 valence electrons. The topological polar surface area (TPSA) is 72.2 Å². The van der Waals surface area contributed by atoms with Gasteiger partial charge in [0.2, 0.25) is 10.0 Å². The number of benzene rings is 1. The van der Waals surface area contributed by atoms with E-state index in [4.69, 9.17) is 4.42 Å². The Hall–Kier alpha value is -1.66. The average Bonchev–Trinajstić information content (AvgIpc) is 2.74. The van der Waals surface area contributed by atoms with Crippen molar-refractivity contribution in [3.63, 3.8) is 0 Å². The first-order valence-corrected chi connectivity index (χ1v) is 8.04. The fourth-order valence-electron chi connectivity index (χ4n) is 1.93. The molecule has 1 aromatic carbocycles. The average molecular weight is 294 g/mol. The highest BCUT2D eigenvalue weighted by molar-refractivity contribution is 7.88. The number of nitrogens with one attached hydrogen (secondary N) is 1. The number of hydrogen-bond acceptors (Lipinski definition) is 4. The van der Waals surface area contributed by atoms with Gasteiger partial charge in [-0.1, -0.05) is 29.8 Å². The molecule has 2 rings (SSSR count). The zero-order valence-electron chi connectivity index (χ0n) is 11.6. The second-order valence-electron chi connectivity index (χ2n) is 4.75. The number of hydrogen-bond donors (Lipinski definition) is 1. The Morgan fingerprint density at radius 1 is 1.30 bits per heavy atom. The summed E-state index contributed by atoms with van der Waals surface area (Å²) in [6, 6.07) is 7.49. The molecule has 0 aliphatic carbocycles. The predicted octanol–water partition coefficient (Wildman–Crippen LogP) is 1.95. The number of aromatic nitrogens is 1. The third-order valence-corrected chi connectivity index (χ3v) is 4.17. The maximum Gasteiger partial charge on any atom is 0.215 e. The molecule has 20 heavy (non-hydrogen) atoms. The van der Waals surface area contributed by atoms with Gasteiger partial charge in [-0.25, -0.2) is 18.1 Å². The fourth-order valence-corrected chi connectivity index (χ4v) is 3.06. The van der Waals surface area contributed by atoms with E-state index in [1.165, 1.54) is 0 Å². The van der Waals surface area contributed by atoms with E-state index in [1.54, 1.807) is 13.2 Å². The minimum Gasteiger partial charge on any atom is -0.449 e. The maximum atomic E-state index is 12.0. The van der Waals surface area contributed by atoms with Crippen LogP contribution in [0.15, 0.2) is 34.9 Å². The number of rotatable bonds is 6. The van der Waals surface area contributed by atoms with Crippen LogP contribution in [0.1, 0.15) is 22.7 Å². The summed E-state index contributed by atoms with van der Waals surface area (Å²) >= 11 is 0. The van der Waals surface area contributed by atoms with Crippen molar-refractivity contribution in [1.82, 2.24) is 9.71 Å². The van der Waals surface area contributed by atoms with Gasteiger partial charge in [0.25, 0.3) is 0 Å². The Bertz CT molecular complexity index is 677. The second kappa shape index (κ2) is 6.19. The first kappa shape index (κ1) is 14.7. The zero-order chi connectivity index (χ0) is 14.6. The molecule has 0 fully saturated rings. The minimum atomic E-state index is -3.32. The van der Waals surface area contributed by atoms with Crippen LogP contribution in [0, 0.1) is 13.8 Å². The minimum absolute atomic E-state index is 0.00742. The Morgan fingerprint density at radius 3 is 2.75 bits per heavy atom. The van der Waals surface area contributed by atoms with Crippen molar-refractivity contribution in [2.24, 2.45) is 0 Å². The summed E-state index contributed by atoms with van der Waals surface area (Å²) in [5.74, 6) is 0.578. The van der Waals surface area contributed by atoms with Crippen molar-refractivity contribution >= 4 is 10.0 Å². The van der Waals surface area contributed by atoms with Gasteiger partial charge in [0.15, 0.2) is 5.89 Å². The largest absolute Gasteiger partial charge is 0.449 e. The summed E-state index contributed by atoms with van der Waals surface area (Å²) in [6.07, 6.45) is 2.06. The molecule has 0 atom stereocenters. The SMILES string of the molecule is Cc1cccc(CS(=O)(=O)NCCc2coc(C)n2)c1. The second-order valence-corrected chi connectivity index (χ2v) is 6.56. The normalized spacial score (nSPS) is 11.7. The van der Waals surface area contributed by atoms with Gasteiger partial charge in [0.05, 0.1) is 11.4 Å². The quantitative estimate of drug-likeness (QED) is 0.884. The highest BCUT2D eigenvalue weighted by atomic mass is 32.2. The van der Waals surface area contributed by atoms with Crippen LogP contribution >= 0.6 is 0 Å². The summed E-state index contributed by atoms with van der Waals surface area (Å²) in [7, 11) is -3.32.